The number of para-hydroxylation sites is 1. The molecule has 5 rings (SSSR count). The molecule has 4 aromatic rings. The number of ether oxygens (including phenoxy) is 5. The number of fused-ring (bicyclic) bond motifs is 1. The highest BCUT2D eigenvalue weighted by atomic mass is 31.2. The van der Waals surface area contributed by atoms with Gasteiger partial charge in [-0.3, -0.25) is 19.2 Å². The maximum Gasteiger partial charge on any atom is 0.530 e. The maximum atomic E-state index is 12.8. The fourth-order valence-corrected chi connectivity index (χ4v) is 7.96. The van der Waals surface area contributed by atoms with Crippen molar-refractivity contribution in [2.24, 2.45) is 0 Å². The van der Waals surface area contributed by atoms with Gasteiger partial charge in [0.2, 0.25) is 0 Å². The van der Waals surface area contributed by atoms with Gasteiger partial charge >= 0.3 is 17.2 Å². The summed E-state index contributed by atoms with van der Waals surface area (Å²) in [4.78, 5) is 49.8. The zero-order chi connectivity index (χ0) is 48.6. The minimum Gasteiger partial charge on any atom is -0.497 e. The van der Waals surface area contributed by atoms with Crippen LogP contribution in [-0.2, 0) is 25.0 Å². The van der Waals surface area contributed by atoms with Crippen LogP contribution in [0.1, 0.15) is 71.3 Å². The lowest BCUT2D eigenvalue weighted by atomic mass is 10.00. The molecule has 0 spiro atoms. The van der Waals surface area contributed by atoms with E-state index in [1.54, 1.807) is 73.7 Å². The Bertz CT molecular complexity index is 2590. The summed E-state index contributed by atoms with van der Waals surface area (Å²) in [5.41, 5.74) is 1.86. The van der Waals surface area contributed by atoms with Crippen LogP contribution in [0.4, 0.5) is 0 Å². The number of carbonyl (C=O) groups excluding carboxylic acids is 4. The number of methoxy groups -OCH3 is 4. The Labute approximate surface area is 391 Å². The third-order valence-corrected chi connectivity index (χ3v) is 11.3. The molecular weight excluding hydrogens is 902 g/mol. The van der Waals surface area contributed by atoms with Gasteiger partial charge < -0.3 is 50.8 Å². The Kier molecular flexibility index (Phi) is 18.3. The van der Waals surface area contributed by atoms with Gasteiger partial charge in [0, 0.05) is 36.3 Å². The second-order valence-corrected chi connectivity index (χ2v) is 16.1. The molecule has 67 heavy (non-hydrogen) atoms. The van der Waals surface area contributed by atoms with Gasteiger partial charge in [-0.1, -0.05) is 30.9 Å². The van der Waals surface area contributed by atoms with Crippen molar-refractivity contribution in [1.29, 1.82) is 0 Å². The van der Waals surface area contributed by atoms with Crippen LogP contribution in [0.25, 0.3) is 0 Å². The van der Waals surface area contributed by atoms with E-state index in [1.165, 1.54) is 98.8 Å². The molecule has 0 aromatic heterocycles. The lowest BCUT2D eigenvalue weighted by Gasteiger charge is -2.27. The predicted octanol–water partition coefficient (Wildman–Crippen LogP) is 11.9. The fraction of sp³-hybridized carbons (Fsp3) is 0.200. The zero-order valence-electron chi connectivity index (χ0n) is 38.4. The van der Waals surface area contributed by atoms with Crippen LogP contribution in [0.15, 0.2) is 145 Å². The Hall–Kier alpha value is -7.34. The molecule has 1 aliphatic heterocycles. The van der Waals surface area contributed by atoms with E-state index in [2.05, 4.69) is 6.58 Å². The van der Waals surface area contributed by atoms with Crippen LogP contribution in [0.3, 0.4) is 0 Å². The van der Waals surface area contributed by atoms with Crippen molar-refractivity contribution in [3.8, 4) is 46.0 Å². The van der Waals surface area contributed by atoms with Crippen LogP contribution in [-0.4, -0.2) is 51.6 Å². The normalized spacial score (nSPS) is 13.6. The first-order valence-electron chi connectivity index (χ1n) is 20.4. The van der Waals surface area contributed by atoms with Gasteiger partial charge in [0.05, 0.1) is 51.4 Å². The number of rotatable bonds is 23. The fourth-order valence-electron chi connectivity index (χ4n) is 6.02. The average molecular weight is 953 g/mol. The lowest BCUT2D eigenvalue weighted by molar-refractivity contribution is -0.112. The number of carbonyl (C=O) groups is 4. The second-order valence-electron chi connectivity index (χ2n) is 14.1. The number of Topliss-reactive ketones (excluding diaryl/α,β-unsaturated/α-hetero) is 3. The quantitative estimate of drug-likeness (QED) is 0.0226. The van der Waals surface area contributed by atoms with Crippen molar-refractivity contribution in [2.75, 3.05) is 28.4 Å². The topological polar surface area (TPSA) is 170 Å². The molecule has 0 N–H and O–H groups in total. The van der Waals surface area contributed by atoms with E-state index in [-0.39, 0.29) is 86.5 Å². The first-order valence-corrected chi connectivity index (χ1v) is 22.6. The highest BCUT2D eigenvalue weighted by molar-refractivity contribution is 7.43. The van der Waals surface area contributed by atoms with E-state index in [1.807, 2.05) is 6.07 Å². The zero-order valence-corrected chi connectivity index (χ0v) is 40.2. The Balaban J connectivity index is 1.59. The molecule has 17 heteroatoms. The van der Waals surface area contributed by atoms with Crippen LogP contribution in [0.5, 0.6) is 46.0 Å². The highest BCUT2D eigenvalue weighted by Crippen LogP contribution is 2.52. The van der Waals surface area contributed by atoms with Gasteiger partial charge in [0.15, 0.2) is 46.2 Å². The van der Waals surface area contributed by atoms with Gasteiger partial charge in [-0.2, -0.15) is 0 Å². The molecule has 0 saturated heterocycles. The molecule has 0 aliphatic carbocycles. The summed E-state index contributed by atoms with van der Waals surface area (Å²) in [5.74, 6) is 1.54. The van der Waals surface area contributed by atoms with E-state index in [0.29, 0.717) is 34.1 Å². The summed E-state index contributed by atoms with van der Waals surface area (Å²) < 4.78 is 66.5. The highest BCUT2D eigenvalue weighted by Gasteiger charge is 2.32. The Morgan fingerprint density at radius 2 is 1.15 bits per heavy atom. The van der Waals surface area contributed by atoms with Gasteiger partial charge in [-0.15, -0.1) is 0 Å². The number of hydrogen-bond donors (Lipinski definition) is 0. The van der Waals surface area contributed by atoms with Gasteiger partial charge in [-0.05, 0) is 101 Å². The average Bonchev–Trinajstić information content (AvgIpc) is 3.30. The van der Waals surface area contributed by atoms with Crippen molar-refractivity contribution in [1.82, 2.24) is 0 Å². The minimum absolute atomic E-state index is 0.0979. The molecule has 0 fully saturated rings. The standard InChI is InChI=1S/C50H50O15P2/c1-11-14-44(61-66(59-26-25-37(55-7)17-12-15-32(3)51)63-46-28-38(56-8)19-22-41(46)33(4)52)49-31(2)27-36-16-13-18-45(50(36)60-49)62-67(64-47-29-39(57-9)20-23-42(47)34(5)53)65-48-30-40(58-10)21-24-43(48)35(6)54/h11-26,28-30H,2,27H2,1,3-10H3/b14-11-,15-12+,26-25+,37-17+,49-44-. The Morgan fingerprint density at radius 3 is 1.61 bits per heavy atom. The molecule has 15 nitrogen and oxygen atoms in total. The van der Waals surface area contributed by atoms with Gasteiger partial charge in [-0.25, -0.2) is 0 Å². The van der Waals surface area contributed by atoms with Crippen molar-refractivity contribution < 1.29 is 70.0 Å². The Morgan fingerprint density at radius 1 is 0.642 bits per heavy atom. The molecule has 0 bridgehead atoms. The predicted molar refractivity (Wildman–Crippen MR) is 253 cm³/mol. The van der Waals surface area contributed by atoms with Crippen molar-refractivity contribution >= 4 is 40.3 Å². The summed E-state index contributed by atoms with van der Waals surface area (Å²) in [6.45, 7) is 11.7. The van der Waals surface area contributed by atoms with Crippen molar-refractivity contribution in [2.45, 2.75) is 41.0 Å². The van der Waals surface area contributed by atoms with E-state index < -0.39 is 17.2 Å². The van der Waals surface area contributed by atoms with E-state index in [9.17, 15) is 19.2 Å². The summed E-state index contributed by atoms with van der Waals surface area (Å²) >= 11 is 0. The molecule has 1 unspecified atom stereocenters. The largest absolute Gasteiger partial charge is 0.530 e. The molecular formula is C50H50O15P2. The SMILES string of the molecule is C=C1Cc2cccc(OP(Oc3cc(OC)ccc3C(C)=O)Oc3cc(OC)ccc3C(C)=O)c2O/C1=C(/C=C\C)OP(O/C=C/C(=C\C=C\C(C)=O)OC)Oc1cc(OC)ccc1C(C)=O. The van der Waals surface area contributed by atoms with Gasteiger partial charge in [0.25, 0.3) is 0 Å². The molecule has 350 valence electrons. The number of benzene rings is 4. The van der Waals surface area contributed by atoms with Gasteiger partial charge in [0.1, 0.15) is 40.3 Å². The third-order valence-electron chi connectivity index (χ3n) is 9.31. The minimum atomic E-state index is -2.54. The smallest absolute Gasteiger partial charge is 0.497 e. The molecule has 1 heterocycles. The summed E-state index contributed by atoms with van der Waals surface area (Å²) in [6.07, 6.45) is 10.8. The van der Waals surface area contributed by atoms with Crippen LogP contribution in [0.2, 0.25) is 0 Å². The number of hydrogen-bond acceptors (Lipinski definition) is 15. The second kappa shape index (κ2) is 24.3. The molecule has 1 aliphatic rings. The summed E-state index contributed by atoms with van der Waals surface area (Å²) in [5, 5.41) is 0. The lowest BCUT2D eigenvalue weighted by Crippen LogP contribution is -2.14. The molecule has 4 aromatic carbocycles. The van der Waals surface area contributed by atoms with E-state index >= 15 is 0 Å². The molecule has 0 amide bonds. The molecule has 0 saturated carbocycles. The van der Waals surface area contributed by atoms with Crippen LogP contribution < -0.4 is 37.0 Å². The van der Waals surface area contributed by atoms with Crippen molar-refractivity contribution in [3.63, 3.8) is 0 Å². The number of ketones is 4. The summed E-state index contributed by atoms with van der Waals surface area (Å²) in [7, 11) is 0.893. The van der Waals surface area contributed by atoms with E-state index in [4.69, 9.17) is 50.8 Å². The van der Waals surface area contributed by atoms with E-state index in [0.717, 1.165) is 0 Å². The molecule has 1 atom stereocenters. The summed E-state index contributed by atoms with van der Waals surface area (Å²) in [6, 6.07) is 19.4. The first-order chi connectivity index (χ1) is 32.2. The monoisotopic (exact) mass is 952 g/mol. The van der Waals surface area contributed by atoms with Crippen molar-refractivity contribution in [3.05, 3.63) is 167 Å². The van der Waals surface area contributed by atoms with Crippen LogP contribution in [0, 0.1) is 0 Å². The number of allylic oxidation sites excluding steroid dienone is 7. The first kappa shape index (κ1) is 50.7. The third kappa shape index (κ3) is 13.8. The maximum absolute atomic E-state index is 12.8. The molecule has 0 radical (unpaired) electrons. The van der Waals surface area contributed by atoms with Crippen LogP contribution >= 0.6 is 17.2 Å².